The monoisotopic (exact) mass is 269 g/mol. The lowest BCUT2D eigenvalue weighted by atomic mass is 10.2. The number of aromatic nitrogens is 4. The molecule has 100 valence electrons. The Bertz CT molecular complexity index is 801. The molecule has 0 fully saturated rings. The smallest absolute Gasteiger partial charge is 0.268 e. The molecule has 0 unspecified atom stereocenters. The van der Waals surface area contributed by atoms with Crippen LogP contribution in [0.15, 0.2) is 41.3 Å². The third-order valence-corrected chi connectivity index (χ3v) is 2.64. The molecule has 0 saturated carbocycles. The Morgan fingerprint density at radius 2 is 2.00 bits per heavy atom. The first-order valence-electron chi connectivity index (χ1n) is 5.91. The summed E-state index contributed by atoms with van der Waals surface area (Å²) in [5.41, 5.74) is 6.85. The van der Waals surface area contributed by atoms with Crippen LogP contribution in [0.1, 0.15) is 5.56 Å². The van der Waals surface area contributed by atoms with Gasteiger partial charge in [-0.1, -0.05) is 30.3 Å². The highest BCUT2D eigenvalue weighted by atomic mass is 16.5. The highest BCUT2D eigenvalue weighted by molar-refractivity contribution is 5.75. The summed E-state index contributed by atoms with van der Waals surface area (Å²) in [4.78, 5) is 25.7. The van der Waals surface area contributed by atoms with Gasteiger partial charge in [-0.25, -0.2) is 4.98 Å². The van der Waals surface area contributed by atoms with Crippen LogP contribution in [0.25, 0.3) is 11.2 Å². The minimum atomic E-state index is -0.357. The van der Waals surface area contributed by atoms with E-state index in [1.54, 1.807) is 0 Å². The van der Waals surface area contributed by atoms with Crippen molar-refractivity contribution < 1.29 is 4.74 Å². The zero-order chi connectivity index (χ0) is 13.9. The van der Waals surface area contributed by atoms with Crippen molar-refractivity contribution in [2.75, 3.05) is 5.73 Å². The first-order valence-corrected chi connectivity index (χ1v) is 5.91. The minimum Gasteiger partial charge on any atom is -0.471 e. The fourth-order valence-corrected chi connectivity index (χ4v) is 1.75. The van der Waals surface area contributed by atoms with E-state index < -0.39 is 0 Å². The second-order valence-corrected chi connectivity index (χ2v) is 4.11. The van der Waals surface area contributed by atoms with Gasteiger partial charge in [-0.2, -0.15) is 9.97 Å². The van der Waals surface area contributed by atoms with Crippen molar-refractivity contribution in [3.8, 4) is 5.88 Å². The van der Waals surface area contributed by atoms with Crippen LogP contribution in [-0.4, -0.2) is 19.9 Å². The Kier molecular flexibility index (Phi) is 3.00. The summed E-state index contributed by atoms with van der Waals surface area (Å²) in [5, 5.41) is 0. The van der Waals surface area contributed by atoms with Crippen LogP contribution in [0.4, 0.5) is 5.95 Å². The van der Waals surface area contributed by atoms with Crippen molar-refractivity contribution in [2.45, 2.75) is 6.61 Å². The molecule has 0 radical (unpaired) electrons. The summed E-state index contributed by atoms with van der Waals surface area (Å²) in [5.74, 6) is 0.261. The molecule has 7 heteroatoms. The molecule has 0 spiro atoms. The Morgan fingerprint density at radius 1 is 1.20 bits per heavy atom. The van der Waals surface area contributed by atoms with E-state index in [1.165, 1.54) is 0 Å². The van der Waals surface area contributed by atoms with Crippen LogP contribution in [0.5, 0.6) is 5.88 Å². The molecule has 20 heavy (non-hydrogen) atoms. The number of nitrogens with two attached hydrogens (primary N) is 1. The summed E-state index contributed by atoms with van der Waals surface area (Å²) in [6, 6.07) is 9.62. The number of anilines is 1. The number of nitrogen functional groups attached to an aromatic ring is 1. The minimum absolute atomic E-state index is 0.0178. The standard InChI is InChI=1S/C13H11N5O2/c14-13-17-11-10(15-6-9(19)16-11)12(18-13)20-7-8-4-2-1-3-5-8/h1-6H,7H2,(H3,14,16,17,18,19). The Hall–Kier alpha value is -2.96. The number of fused-ring (bicyclic) bond motifs is 1. The fraction of sp³-hybridized carbons (Fsp3) is 0.0769. The normalized spacial score (nSPS) is 10.6. The largest absolute Gasteiger partial charge is 0.471 e. The molecule has 0 aliphatic carbocycles. The van der Waals surface area contributed by atoms with E-state index in [0.717, 1.165) is 11.8 Å². The third-order valence-electron chi connectivity index (χ3n) is 2.64. The lowest BCUT2D eigenvalue weighted by Crippen LogP contribution is -2.10. The van der Waals surface area contributed by atoms with Gasteiger partial charge in [0.05, 0.1) is 6.20 Å². The molecule has 2 heterocycles. The molecule has 1 aromatic carbocycles. The number of aromatic amines is 1. The molecule has 7 nitrogen and oxygen atoms in total. The van der Waals surface area contributed by atoms with Crippen LogP contribution in [0, 0.1) is 0 Å². The van der Waals surface area contributed by atoms with Crippen LogP contribution >= 0.6 is 0 Å². The number of H-pyrrole nitrogens is 1. The number of hydrogen-bond donors (Lipinski definition) is 2. The number of rotatable bonds is 3. The third kappa shape index (κ3) is 2.41. The summed E-state index contributed by atoms with van der Waals surface area (Å²) in [6.45, 7) is 0.327. The zero-order valence-corrected chi connectivity index (χ0v) is 10.4. The van der Waals surface area contributed by atoms with E-state index in [1.807, 2.05) is 30.3 Å². The molecule has 3 rings (SSSR count). The first-order chi connectivity index (χ1) is 9.72. The van der Waals surface area contributed by atoms with Crippen LogP contribution in [-0.2, 0) is 6.61 Å². The molecule has 0 aliphatic heterocycles. The van der Waals surface area contributed by atoms with Gasteiger partial charge in [0.2, 0.25) is 11.8 Å². The summed E-state index contributed by atoms with van der Waals surface area (Å²) in [6.07, 6.45) is 1.15. The second kappa shape index (κ2) is 4.96. The fourth-order valence-electron chi connectivity index (χ4n) is 1.75. The van der Waals surface area contributed by atoms with Crippen molar-refractivity contribution >= 4 is 17.1 Å². The number of ether oxygens (including phenoxy) is 1. The summed E-state index contributed by atoms with van der Waals surface area (Å²) in [7, 11) is 0. The average molecular weight is 269 g/mol. The molecule has 0 aliphatic rings. The Morgan fingerprint density at radius 3 is 2.80 bits per heavy atom. The predicted octanol–water partition coefficient (Wildman–Crippen LogP) is 0.874. The maximum Gasteiger partial charge on any atom is 0.268 e. The molecule has 0 atom stereocenters. The van der Waals surface area contributed by atoms with E-state index >= 15 is 0 Å². The second-order valence-electron chi connectivity index (χ2n) is 4.11. The van der Waals surface area contributed by atoms with Crippen LogP contribution in [0.2, 0.25) is 0 Å². The molecular weight excluding hydrogens is 258 g/mol. The van der Waals surface area contributed by atoms with E-state index in [0.29, 0.717) is 12.1 Å². The summed E-state index contributed by atoms with van der Waals surface area (Å²) < 4.78 is 5.61. The number of nitrogens with one attached hydrogen (secondary N) is 1. The summed E-state index contributed by atoms with van der Waals surface area (Å²) >= 11 is 0. The van der Waals surface area contributed by atoms with Crippen LogP contribution < -0.4 is 16.0 Å². The number of hydrogen-bond acceptors (Lipinski definition) is 6. The molecule has 2 aromatic heterocycles. The van der Waals surface area contributed by atoms with Gasteiger partial charge in [0, 0.05) is 0 Å². The van der Waals surface area contributed by atoms with Gasteiger partial charge in [-0.05, 0) is 5.56 Å². The van der Waals surface area contributed by atoms with Gasteiger partial charge in [0.25, 0.3) is 5.56 Å². The van der Waals surface area contributed by atoms with Crippen molar-refractivity contribution in [3.63, 3.8) is 0 Å². The Balaban J connectivity index is 1.96. The van der Waals surface area contributed by atoms with Gasteiger partial charge < -0.3 is 15.5 Å². The topological polar surface area (TPSA) is 107 Å². The molecule has 0 bridgehead atoms. The van der Waals surface area contributed by atoms with Crippen molar-refractivity contribution in [1.82, 2.24) is 19.9 Å². The quantitative estimate of drug-likeness (QED) is 0.730. The number of nitrogens with zero attached hydrogens (tertiary/aromatic N) is 3. The van der Waals surface area contributed by atoms with Gasteiger partial charge in [-0.15, -0.1) is 0 Å². The van der Waals surface area contributed by atoms with E-state index in [9.17, 15) is 4.79 Å². The van der Waals surface area contributed by atoms with Gasteiger partial charge >= 0.3 is 0 Å². The van der Waals surface area contributed by atoms with Crippen molar-refractivity contribution in [3.05, 3.63) is 52.4 Å². The maximum atomic E-state index is 11.2. The predicted molar refractivity (Wildman–Crippen MR) is 73.1 cm³/mol. The zero-order valence-electron chi connectivity index (χ0n) is 10.4. The van der Waals surface area contributed by atoms with Crippen molar-refractivity contribution in [1.29, 1.82) is 0 Å². The SMILES string of the molecule is Nc1nc(OCc2ccccc2)c2ncc(=O)[nH]c2n1. The van der Waals surface area contributed by atoms with Gasteiger partial charge in [0.1, 0.15) is 6.61 Å². The molecular formula is C13H11N5O2. The van der Waals surface area contributed by atoms with E-state index in [4.69, 9.17) is 10.5 Å². The lowest BCUT2D eigenvalue weighted by molar-refractivity contribution is 0.297. The molecule has 0 amide bonds. The average Bonchev–Trinajstić information content (AvgIpc) is 2.45. The van der Waals surface area contributed by atoms with Gasteiger partial charge in [-0.3, -0.25) is 4.79 Å². The van der Waals surface area contributed by atoms with E-state index in [-0.39, 0.29) is 23.0 Å². The highest BCUT2D eigenvalue weighted by Crippen LogP contribution is 2.19. The molecule has 3 aromatic rings. The van der Waals surface area contributed by atoms with Gasteiger partial charge in [0.15, 0.2) is 11.2 Å². The molecule has 0 saturated heterocycles. The Labute approximate surface area is 113 Å². The molecule has 3 N–H and O–H groups in total. The maximum absolute atomic E-state index is 11.2. The van der Waals surface area contributed by atoms with Crippen molar-refractivity contribution in [2.24, 2.45) is 0 Å². The first kappa shape index (κ1) is 12.1. The highest BCUT2D eigenvalue weighted by Gasteiger charge is 2.10. The lowest BCUT2D eigenvalue weighted by Gasteiger charge is -2.07. The van der Waals surface area contributed by atoms with Crippen LogP contribution in [0.3, 0.4) is 0 Å². The van der Waals surface area contributed by atoms with E-state index in [2.05, 4.69) is 19.9 Å². The number of benzene rings is 1.